The molecule has 2 N–H and O–H groups in total. The molecule has 1 heterocycles. The number of aryl methyl sites for hydroxylation is 2. The molecule has 0 amide bonds. The van der Waals surface area contributed by atoms with E-state index in [9.17, 15) is 5.11 Å². The predicted octanol–water partition coefficient (Wildman–Crippen LogP) is 1.61. The Bertz CT molecular complexity index is 514. The number of nitrogens with zero attached hydrogens (tertiary/aromatic N) is 2. The van der Waals surface area contributed by atoms with Gasteiger partial charge in [-0.3, -0.25) is 0 Å². The van der Waals surface area contributed by atoms with Crippen molar-refractivity contribution in [3.63, 3.8) is 0 Å². The number of aliphatic hydroxyl groups is 1. The Hall–Kier alpha value is -1.85. The van der Waals surface area contributed by atoms with Crippen LogP contribution >= 0.6 is 0 Å². The summed E-state index contributed by atoms with van der Waals surface area (Å²) in [6.45, 7) is 4.65. The third kappa shape index (κ3) is 5.97. The lowest BCUT2D eigenvalue weighted by Crippen LogP contribution is -2.32. The van der Waals surface area contributed by atoms with Gasteiger partial charge >= 0.3 is 0 Å². The fourth-order valence-corrected chi connectivity index (χ4v) is 2.03. The average molecular weight is 289 g/mol. The van der Waals surface area contributed by atoms with Gasteiger partial charge in [-0.15, -0.1) is 0 Å². The predicted molar refractivity (Wildman–Crippen MR) is 82.4 cm³/mol. The molecule has 0 fully saturated rings. The minimum atomic E-state index is -0.501. The Kier molecular flexibility index (Phi) is 6.24. The molecule has 0 saturated heterocycles. The normalized spacial score (nSPS) is 12.3. The first-order chi connectivity index (χ1) is 10.2. The maximum atomic E-state index is 9.86. The van der Waals surface area contributed by atoms with Crippen LogP contribution in [-0.4, -0.2) is 40.5 Å². The minimum Gasteiger partial charge on any atom is -0.491 e. The molecule has 0 aliphatic carbocycles. The van der Waals surface area contributed by atoms with Crippen LogP contribution in [0.4, 0.5) is 0 Å². The summed E-state index contributed by atoms with van der Waals surface area (Å²) >= 11 is 0. The topological polar surface area (TPSA) is 59.3 Å². The fourth-order valence-electron chi connectivity index (χ4n) is 2.03. The summed E-state index contributed by atoms with van der Waals surface area (Å²) in [7, 11) is 0. The number of rotatable bonds is 9. The molecule has 5 nitrogen and oxygen atoms in total. The zero-order chi connectivity index (χ0) is 14.9. The number of hydrogen-bond acceptors (Lipinski definition) is 4. The molecular formula is C16H23N3O2. The van der Waals surface area contributed by atoms with Crippen molar-refractivity contribution in [1.82, 2.24) is 14.9 Å². The molecule has 1 aromatic carbocycles. The second-order valence-corrected chi connectivity index (χ2v) is 5.14. The molecule has 2 rings (SSSR count). The fraction of sp³-hybridized carbons (Fsp3) is 0.438. The van der Waals surface area contributed by atoms with Crippen LogP contribution in [0, 0.1) is 6.92 Å². The van der Waals surface area contributed by atoms with E-state index in [0.29, 0.717) is 13.2 Å². The molecular weight excluding hydrogens is 266 g/mol. The van der Waals surface area contributed by atoms with Crippen LogP contribution in [0.5, 0.6) is 5.75 Å². The van der Waals surface area contributed by atoms with Crippen LogP contribution in [-0.2, 0) is 6.54 Å². The van der Waals surface area contributed by atoms with E-state index in [2.05, 4.69) is 10.3 Å². The lowest BCUT2D eigenvalue weighted by atomic mass is 10.2. The number of aromatic nitrogens is 2. The second kappa shape index (κ2) is 8.44. The monoisotopic (exact) mass is 289 g/mol. The van der Waals surface area contributed by atoms with E-state index >= 15 is 0 Å². The third-order valence-electron chi connectivity index (χ3n) is 3.14. The summed E-state index contributed by atoms with van der Waals surface area (Å²) in [6.07, 6.45) is 6.04. The smallest absolute Gasteiger partial charge is 0.119 e. The molecule has 21 heavy (non-hydrogen) atoms. The van der Waals surface area contributed by atoms with E-state index < -0.39 is 6.10 Å². The number of hydrogen-bond donors (Lipinski definition) is 2. The Morgan fingerprint density at radius 1 is 1.43 bits per heavy atom. The number of benzene rings is 1. The zero-order valence-electron chi connectivity index (χ0n) is 12.4. The number of imidazole rings is 1. The highest BCUT2D eigenvalue weighted by atomic mass is 16.5. The van der Waals surface area contributed by atoms with Gasteiger partial charge in [-0.1, -0.05) is 12.1 Å². The van der Waals surface area contributed by atoms with Crippen molar-refractivity contribution in [2.75, 3.05) is 19.7 Å². The van der Waals surface area contributed by atoms with Gasteiger partial charge in [0.2, 0.25) is 0 Å². The van der Waals surface area contributed by atoms with Crippen LogP contribution in [0.15, 0.2) is 43.0 Å². The maximum Gasteiger partial charge on any atom is 0.119 e. The van der Waals surface area contributed by atoms with Crippen LogP contribution in [0.1, 0.15) is 12.0 Å². The molecule has 0 unspecified atom stereocenters. The van der Waals surface area contributed by atoms with Gasteiger partial charge in [-0.25, -0.2) is 4.98 Å². The summed E-state index contributed by atoms with van der Waals surface area (Å²) in [5, 5.41) is 13.1. The van der Waals surface area contributed by atoms with E-state index in [1.165, 1.54) is 0 Å². The van der Waals surface area contributed by atoms with Crippen molar-refractivity contribution in [2.45, 2.75) is 26.0 Å². The van der Waals surface area contributed by atoms with Crippen LogP contribution in [0.3, 0.4) is 0 Å². The SMILES string of the molecule is Cc1cccc(OC[C@H](O)CNCCCn2ccnc2)c1. The number of nitrogens with one attached hydrogen (secondary N) is 1. The van der Waals surface area contributed by atoms with Crippen molar-refractivity contribution in [3.05, 3.63) is 48.5 Å². The van der Waals surface area contributed by atoms with Gasteiger partial charge in [0.1, 0.15) is 18.5 Å². The van der Waals surface area contributed by atoms with Gasteiger partial charge in [0.25, 0.3) is 0 Å². The van der Waals surface area contributed by atoms with Crippen molar-refractivity contribution in [2.24, 2.45) is 0 Å². The summed E-state index contributed by atoms with van der Waals surface area (Å²) < 4.78 is 7.60. The maximum absolute atomic E-state index is 9.86. The molecule has 0 bridgehead atoms. The summed E-state index contributed by atoms with van der Waals surface area (Å²) in [4.78, 5) is 3.99. The highest BCUT2D eigenvalue weighted by molar-refractivity contribution is 5.27. The molecule has 0 saturated carbocycles. The van der Waals surface area contributed by atoms with Crippen molar-refractivity contribution < 1.29 is 9.84 Å². The van der Waals surface area contributed by atoms with Crippen molar-refractivity contribution in [3.8, 4) is 5.75 Å². The zero-order valence-corrected chi connectivity index (χ0v) is 12.4. The standard InChI is InChI=1S/C16H23N3O2/c1-14-4-2-5-16(10-14)21-12-15(20)11-17-6-3-8-19-9-7-18-13-19/h2,4-5,7,9-10,13,15,17,20H,3,6,8,11-12H2,1H3/t15-/m1/s1. The lowest BCUT2D eigenvalue weighted by Gasteiger charge is -2.13. The van der Waals surface area contributed by atoms with E-state index in [4.69, 9.17) is 4.74 Å². The van der Waals surface area contributed by atoms with Gasteiger partial charge in [-0.05, 0) is 37.6 Å². The van der Waals surface area contributed by atoms with Gasteiger partial charge < -0.3 is 19.7 Å². The number of ether oxygens (including phenoxy) is 1. The summed E-state index contributed by atoms with van der Waals surface area (Å²) in [5.41, 5.74) is 1.15. The Balaban J connectivity index is 1.54. The van der Waals surface area contributed by atoms with E-state index in [0.717, 1.165) is 30.8 Å². The molecule has 1 aromatic heterocycles. The first kappa shape index (κ1) is 15.5. The average Bonchev–Trinajstić information content (AvgIpc) is 2.98. The number of aliphatic hydroxyl groups excluding tert-OH is 1. The molecule has 1 atom stereocenters. The minimum absolute atomic E-state index is 0.304. The lowest BCUT2D eigenvalue weighted by molar-refractivity contribution is 0.106. The summed E-state index contributed by atoms with van der Waals surface area (Å²) in [5.74, 6) is 0.800. The van der Waals surface area contributed by atoms with Crippen molar-refractivity contribution >= 4 is 0 Å². The molecule has 0 radical (unpaired) electrons. The Labute approximate surface area is 125 Å². The molecule has 0 spiro atoms. The molecule has 2 aromatic rings. The molecule has 0 aliphatic heterocycles. The molecule has 114 valence electrons. The van der Waals surface area contributed by atoms with Gasteiger partial charge in [0, 0.05) is 25.5 Å². The van der Waals surface area contributed by atoms with Crippen LogP contribution in [0.25, 0.3) is 0 Å². The first-order valence-corrected chi connectivity index (χ1v) is 7.28. The second-order valence-electron chi connectivity index (χ2n) is 5.14. The van der Waals surface area contributed by atoms with Crippen LogP contribution < -0.4 is 10.1 Å². The van der Waals surface area contributed by atoms with E-state index in [1.807, 2.05) is 48.3 Å². The van der Waals surface area contributed by atoms with Crippen molar-refractivity contribution in [1.29, 1.82) is 0 Å². The van der Waals surface area contributed by atoms with Gasteiger partial charge in [-0.2, -0.15) is 0 Å². The Morgan fingerprint density at radius 3 is 3.10 bits per heavy atom. The Morgan fingerprint density at radius 2 is 2.33 bits per heavy atom. The van der Waals surface area contributed by atoms with E-state index in [-0.39, 0.29) is 0 Å². The van der Waals surface area contributed by atoms with Gasteiger partial charge in [0.05, 0.1) is 6.33 Å². The molecule has 0 aliphatic rings. The van der Waals surface area contributed by atoms with E-state index in [1.54, 1.807) is 6.20 Å². The largest absolute Gasteiger partial charge is 0.491 e. The van der Waals surface area contributed by atoms with Gasteiger partial charge in [0.15, 0.2) is 0 Å². The third-order valence-corrected chi connectivity index (χ3v) is 3.14. The quantitative estimate of drug-likeness (QED) is 0.689. The van der Waals surface area contributed by atoms with Crippen LogP contribution in [0.2, 0.25) is 0 Å². The summed E-state index contributed by atoms with van der Waals surface area (Å²) in [6, 6.07) is 7.83. The highest BCUT2D eigenvalue weighted by Crippen LogP contribution is 2.12. The first-order valence-electron chi connectivity index (χ1n) is 7.28. The molecule has 5 heteroatoms. The highest BCUT2D eigenvalue weighted by Gasteiger charge is 2.04.